The van der Waals surface area contributed by atoms with Gasteiger partial charge in [-0.2, -0.15) is 0 Å². The molecular weight excluding hydrogens is 215 g/mol. The van der Waals surface area contributed by atoms with Gasteiger partial charge >= 0.3 is 0 Å². The van der Waals surface area contributed by atoms with Gasteiger partial charge in [0.05, 0.1) is 0 Å². The summed E-state index contributed by atoms with van der Waals surface area (Å²) in [6, 6.07) is 4.33. The summed E-state index contributed by atoms with van der Waals surface area (Å²) >= 11 is 0. The highest BCUT2D eigenvalue weighted by Gasteiger charge is 2.11. The van der Waals surface area contributed by atoms with Crippen molar-refractivity contribution in [2.45, 2.75) is 39.0 Å². The summed E-state index contributed by atoms with van der Waals surface area (Å²) in [6.07, 6.45) is 7.45. The lowest BCUT2D eigenvalue weighted by molar-refractivity contribution is 0.104. The molecule has 17 heavy (non-hydrogen) atoms. The molecule has 1 aromatic rings. The second-order valence-corrected chi connectivity index (χ2v) is 4.69. The Morgan fingerprint density at radius 3 is 2.59 bits per heavy atom. The summed E-state index contributed by atoms with van der Waals surface area (Å²) < 4.78 is 12.9. The van der Waals surface area contributed by atoms with Crippen molar-refractivity contribution in [1.82, 2.24) is 0 Å². The van der Waals surface area contributed by atoms with Gasteiger partial charge in [0.1, 0.15) is 5.82 Å². The van der Waals surface area contributed by atoms with Gasteiger partial charge in [0.15, 0.2) is 5.78 Å². The number of halogens is 1. The van der Waals surface area contributed by atoms with Gasteiger partial charge in [0.25, 0.3) is 0 Å². The van der Waals surface area contributed by atoms with Crippen molar-refractivity contribution < 1.29 is 9.18 Å². The Morgan fingerprint density at radius 1 is 1.24 bits per heavy atom. The lowest BCUT2D eigenvalue weighted by Gasteiger charge is -2.13. The Hall–Kier alpha value is -1.44. The number of hydrogen-bond donors (Lipinski definition) is 0. The van der Waals surface area contributed by atoms with Gasteiger partial charge < -0.3 is 0 Å². The normalized spacial score (nSPS) is 15.8. The monoisotopic (exact) mass is 232 g/mol. The van der Waals surface area contributed by atoms with Crippen LogP contribution in [-0.4, -0.2) is 5.78 Å². The van der Waals surface area contributed by atoms with E-state index < -0.39 is 0 Å². The Bertz CT molecular complexity index is 452. The maximum Gasteiger partial charge on any atom is 0.186 e. The number of carbonyl (C=O) groups is 1. The quantitative estimate of drug-likeness (QED) is 0.551. The van der Waals surface area contributed by atoms with Gasteiger partial charge in [-0.25, -0.2) is 4.39 Å². The minimum Gasteiger partial charge on any atom is -0.289 e. The number of benzene rings is 1. The largest absolute Gasteiger partial charge is 0.289 e. The first-order chi connectivity index (χ1) is 8.16. The molecule has 1 nitrogen and oxygen atoms in total. The predicted octanol–water partition coefficient (Wildman–Crippen LogP) is 4.21. The van der Waals surface area contributed by atoms with Gasteiger partial charge in [0, 0.05) is 5.56 Å². The zero-order chi connectivity index (χ0) is 12.3. The van der Waals surface area contributed by atoms with E-state index in [0.717, 1.165) is 12.8 Å². The van der Waals surface area contributed by atoms with E-state index in [-0.39, 0.29) is 11.6 Å². The molecule has 0 amide bonds. The SMILES string of the molecule is Cc1cc(F)ccc1C(=O)C=C1CCCCC1. The van der Waals surface area contributed by atoms with E-state index in [1.165, 1.54) is 37.0 Å². The summed E-state index contributed by atoms with van der Waals surface area (Å²) in [4.78, 5) is 12.0. The van der Waals surface area contributed by atoms with Crippen molar-refractivity contribution in [3.05, 3.63) is 46.8 Å². The summed E-state index contributed by atoms with van der Waals surface area (Å²) in [5.74, 6) is -0.274. The van der Waals surface area contributed by atoms with Crippen LogP contribution in [0.1, 0.15) is 48.0 Å². The van der Waals surface area contributed by atoms with Gasteiger partial charge in [-0.3, -0.25) is 4.79 Å². The topological polar surface area (TPSA) is 17.1 Å². The minimum absolute atomic E-state index is 0.0133. The van der Waals surface area contributed by atoms with Crippen molar-refractivity contribution in [3.63, 3.8) is 0 Å². The van der Waals surface area contributed by atoms with E-state index in [9.17, 15) is 9.18 Å². The summed E-state index contributed by atoms with van der Waals surface area (Å²) in [5.41, 5.74) is 2.57. The molecule has 0 aliphatic heterocycles. The first kappa shape index (κ1) is 12.0. The van der Waals surface area contributed by atoms with Gasteiger partial charge in [-0.1, -0.05) is 12.0 Å². The molecule has 0 bridgehead atoms. The summed E-state index contributed by atoms with van der Waals surface area (Å²) in [6.45, 7) is 1.77. The predicted molar refractivity (Wildman–Crippen MR) is 66.6 cm³/mol. The van der Waals surface area contributed by atoms with Gasteiger partial charge in [-0.15, -0.1) is 0 Å². The standard InChI is InChI=1S/C15H17FO/c1-11-9-13(16)7-8-14(11)15(17)10-12-5-3-2-4-6-12/h7-10H,2-6H2,1H3. The van der Waals surface area contributed by atoms with Crippen LogP contribution in [0.5, 0.6) is 0 Å². The number of aryl methyl sites for hydroxylation is 1. The van der Waals surface area contributed by atoms with Crippen LogP contribution < -0.4 is 0 Å². The first-order valence-electron chi connectivity index (χ1n) is 6.17. The first-order valence-corrected chi connectivity index (χ1v) is 6.17. The lowest BCUT2D eigenvalue weighted by atomic mass is 9.92. The zero-order valence-corrected chi connectivity index (χ0v) is 10.1. The highest BCUT2D eigenvalue weighted by Crippen LogP contribution is 2.23. The number of ketones is 1. The molecule has 0 radical (unpaired) electrons. The van der Waals surface area contributed by atoms with Crippen LogP contribution in [0.4, 0.5) is 4.39 Å². The molecule has 90 valence electrons. The fourth-order valence-corrected chi connectivity index (χ4v) is 2.32. The second-order valence-electron chi connectivity index (χ2n) is 4.69. The summed E-state index contributed by atoms with van der Waals surface area (Å²) in [7, 11) is 0. The molecule has 2 heteroatoms. The van der Waals surface area contributed by atoms with Crippen LogP contribution in [0.15, 0.2) is 29.8 Å². The lowest BCUT2D eigenvalue weighted by Crippen LogP contribution is -2.02. The van der Waals surface area contributed by atoms with Crippen molar-refractivity contribution in [2.24, 2.45) is 0 Å². The van der Waals surface area contributed by atoms with E-state index in [0.29, 0.717) is 11.1 Å². The molecule has 1 saturated carbocycles. The Balaban J connectivity index is 2.19. The Morgan fingerprint density at radius 2 is 1.94 bits per heavy atom. The van der Waals surface area contributed by atoms with Crippen LogP contribution in [0, 0.1) is 12.7 Å². The third-order valence-electron chi connectivity index (χ3n) is 3.28. The molecule has 0 atom stereocenters. The fourth-order valence-electron chi connectivity index (χ4n) is 2.32. The second kappa shape index (κ2) is 5.26. The van der Waals surface area contributed by atoms with Crippen molar-refractivity contribution in [2.75, 3.05) is 0 Å². The molecule has 0 spiro atoms. The summed E-state index contributed by atoms with van der Waals surface area (Å²) in [5, 5.41) is 0. The highest BCUT2D eigenvalue weighted by atomic mass is 19.1. The average molecular weight is 232 g/mol. The molecule has 2 rings (SSSR count). The average Bonchev–Trinajstić information content (AvgIpc) is 2.30. The number of rotatable bonds is 2. The van der Waals surface area contributed by atoms with E-state index >= 15 is 0 Å². The highest BCUT2D eigenvalue weighted by molar-refractivity contribution is 6.05. The Labute approximate surface area is 101 Å². The zero-order valence-electron chi connectivity index (χ0n) is 10.1. The number of allylic oxidation sites excluding steroid dienone is 2. The third kappa shape index (κ3) is 3.02. The fraction of sp³-hybridized carbons (Fsp3) is 0.400. The van der Waals surface area contributed by atoms with Crippen LogP contribution in [-0.2, 0) is 0 Å². The maximum absolute atomic E-state index is 12.9. The molecular formula is C15H17FO. The number of carbonyl (C=O) groups excluding carboxylic acids is 1. The van der Waals surface area contributed by atoms with Crippen molar-refractivity contribution in [1.29, 1.82) is 0 Å². The molecule has 1 aliphatic rings. The van der Waals surface area contributed by atoms with Gasteiger partial charge in [0.2, 0.25) is 0 Å². The smallest absolute Gasteiger partial charge is 0.186 e. The molecule has 0 heterocycles. The molecule has 0 saturated heterocycles. The van der Waals surface area contributed by atoms with E-state index in [1.807, 2.05) is 0 Å². The van der Waals surface area contributed by atoms with Gasteiger partial charge in [-0.05, 0) is 62.4 Å². The van der Waals surface area contributed by atoms with Crippen LogP contribution >= 0.6 is 0 Å². The van der Waals surface area contributed by atoms with E-state index in [2.05, 4.69) is 0 Å². The van der Waals surface area contributed by atoms with Crippen molar-refractivity contribution in [3.8, 4) is 0 Å². The molecule has 0 unspecified atom stereocenters. The van der Waals surface area contributed by atoms with E-state index in [1.54, 1.807) is 19.1 Å². The molecule has 0 aromatic heterocycles. The van der Waals surface area contributed by atoms with Crippen LogP contribution in [0.3, 0.4) is 0 Å². The maximum atomic E-state index is 12.9. The minimum atomic E-state index is -0.288. The third-order valence-corrected chi connectivity index (χ3v) is 3.28. The Kier molecular flexibility index (Phi) is 3.72. The molecule has 1 aromatic carbocycles. The van der Waals surface area contributed by atoms with Crippen LogP contribution in [0.2, 0.25) is 0 Å². The van der Waals surface area contributed by atoms with Crippen molar-refractivity contribution >= 4 is 5.78 Å². The molecule has 1 fully saturated rings. The molecule has 0 N–H and O–H groups in total. The van der Waals surface area contributed by atoms with E-state index in [4.69, 9.17) is 0 Å². The molecule has 1 aliphatic carbocycles. The number of hydrogen-bond acceptors (Lipinski definition) is 1. The van der Waals surface area contributed by atoms with Crippen LogP contribution in [0.25, 0.3) is 0 Å².